The molecular formula is C45H41N3O. The molecule has 0 atom stereocenters. The maximum atomic E-state index is 6.82. The van der Waals surface area contributed by atoms with Gasteiger partial charge in [-0.1, -0.05) is 94.4 Å². The molecule has 0 fully saturated rings. The molecule has 8 rings (SSSR count). The lowest BCUT2D eigenvalue weighted by atomic mass is 9.88. The number of pyridine rings is 1. The molecule has 0 aliphatic rings. The minimum absolute atomic E-state index is 0.280. The van der Waals surface area contributed by atoms with Crippen molar-refractivity contribution < 1.29 is 4.42 Å². The molecule has 0 bridgehead atoms. The zero-order valence-corrected chi connectivity index (χ0v) is 29.3. The first-order valence-corrected chi connectivity index (χ1v) is 17.3. The maximum Gasteiger partial charge on any atom is 0.227 e. The summed E-state index contributed by atoms with van der Waals surface area (Å²) in [5, 5.41) is 2.10. The van der Waals surface area contributed by atoms with E-state index in [2.05, 4.69) is 162 Å². The molecule has 0 unspecified atom stereocenters. The molecule has 0 N–H and O–H groups in total. The maximum absolute atomic E-state index is 6.82. The predicted octanol–water partition coefficient (Wildman–Crippen LogP) is 12.5. The fourth-order valence-corrected chi connectivity index (χ4v) is 7.51. The van der Waals surface area contributed by atoms with Gasteiger partial charge in [0.05, 0.1) is 28.0 Å². The number of rotatable bonds is 6. The number of furan rings is 1. The average molecular weight is 640 g/mol. The normalized spacial score (nSPS) is 11.9. The fourth-order valence-electron chi connectivity index (χ4n) is 7.51. The smallest absolute Gasteiger partial charge is 0.227 e. The van der Waals surface area contributed by atoms with Crippen molar-refractivity contribution in [1.82, 2.24) is 14.5 Å². The van der Waals surface area contributed by atoms with E-state index in [0.717, 1.165) is 55.6 Å². The predicted molar refractivity (Wildman–Crippen MR) is 205 cm³/mol. The van der Waals surface area contributed by atoms with Crippen LogP contribution in [-0.4, -0.2) is 14.5 Å². The highest BCUT2D eigenvalue weighted by Crippen LogP contribution is 2.43. The van der Waals surface area contributed by atoms with Crippen LogP contribution in [0.15, 0.2) is 114 Å². The van der Waals surface area contributed by atoms with Crippen LogP contribution >= 0.6 is 0 Å². The van der Waals surface area contributed by atoms with E-state index in [-0.39, 0.29) is 11.8 Å². The van der Waals surface area contributed by atoms with E-state index in [1.54, 1.807) is 0 Å². The van der Waals surface area contributed by atoms with Crippen LogP contribution in [0.2, 0.25) is 0 Å². The molecule has 0 radical (unpaired) electrons. The Labute approximate surface area is 288 Å². The van der Waals surface area contributed by atoms with Crippen LogP contribution < -0.4 is 0 Å². The van der Waals surface area contributed by atoms with Gasteiger partial charge in [0.1, 0.15) is 11.4 Å². The van der Waals surface area contributed by atoms with Gasteiger partial charge in [0, 0.05) is 16.3 Å². The van der Waals surface area contributed by atoms with Crippen molar-refractivity contribution >= 4 is 33.1 Å². The molecule has 0 spiro atoms. The molecule has 3 heterocycles. The van der Waals surface area contributed by atoms with E-state index < -0.39 is 0 Å². The van der Waals surface area contributed by atoms with Crippen molar-refractivity contribution in [2.24, 2.45) is 0 Å². The second-order valence-corrected chi connectivity index (χ2v) is 14.0. The number of benzene rings is 5. The van der Waals surface area contributed by atoms with Crippen molar-refractivity contribution in [2.75, 3.05) is 0 Å². The van der Waals surface area contributed by atoms with E-state index in [1.807, 2.05) is 0 Å². The molecule has 5 aromatic carbocycles. The number of fused-ring (bicyclic) bond motifs is 4. The highest BCUT2D eigenvalue weighted by atomic mass is 16.3. The lowest BCUT2D eigenvalue weighted by molar-refractivity contribution is 0.655. The summed E-state index contributed by atoms with van der Waals surface area (Å²) in [6, 6.07) is 39.0. The van der Waals surface area contributed by atoms with Crippen molar-refractivity contribution in [3.8, 4) is 39.5 Å². The third kappa shape index (κ3) is 5.05. The summed E-state index contributed by atoms with van der Waals surface area (Å²) < 4.78 is 9.21. The first kappa shape index (κ1) is 30.8. The van der Waals surface area contributed by atoms with Crippen molar-refractivity contribution in [3.05, 3.63) is 137 Å². The Bertz CT molecular complexity index is 2480. The summed E-state index contributed by atoms with van der Waals surface area (Å²) in [5.74, 6) is 1.43. The van der Waals surface area contributed by atoms with Gasteiger partial charge in [-0.15, -0.1) is 0 Å². The number of para-hydroxylation sites is 2. The number of aromatic nitrogens is 3. The first-order valence-electron chi connectivity index (χ1n) is 17.3. The van der Waals surface area contributed by atoms with Gasteiger partial charge < -0.3 is 4.42 Å². The average Bonchev–Trinajstić information content (AvgIpc) is 3.67. The van der Waals surface area contributed by atoms with Gasteiger partial charge in [-0.2, -0.15) is 0 Å². The van der Waals surface area contributed by atoms with Gasteiger partial charge >= 0.3 is 0 Å². The zero-order chi connectivity index (χ0) is 34.0. The fraction of sp³-hybridized carbons (Fsp3) is 0.200. The van der Waals surface area contributed by atoms with Crippen molar-refractivity contribution in [1.29, 1.82) is 0 Å². The SMILES string of the molecule is Cc1cccc(C)c1-c1ccc2c(n1)oc1c(-c3nc4ccccc4n3-c3c(C(C)C)cc(-c4ccccc4)cc3C(C)C)ccc(C)c12. The molecule has 49 heavy (non-hydrogen) atoms. The highest BCUT2D eigenvalue weighted by Gasteiger charge is 2.26. The Morgan fingerprint density at radius 2 is 1.29 bits per heavy atom. The summed E-state index contributed by atoms with van der Waals surface area (Å²) in [7, 11) is 0. The molecule has 242 valence electrons. The summed E-state index contributed by atoms with van der Waals surface area (Å²) in [5.41, 5.74) is 16.3. The third-order valence-corrected chi connectivity index (χ3v) is 9.98. The molecule has 8 aromatic rings. The van der Waals surface area contributed by atoms with Crippen LogP contribution in [-0.2, 0) is 0 Å². The molecule has 0 aliphatic carbocycles. The van der Waals surface area contributed by atoms with E-state index in [4.69, 9.17) is 14.4 Å². The molecule has 4 heteroatoms. The van der Waals surface area contributed by atoms with Gasteiger partial charge in [-0.25, -0.2) is 9.97 Å². The summed E-state index contributed by atoms with van der Waals surface area (Å²) in [6.07, 6.45) is 0. The van der Waals surface area contributed by atoms with E-state index >= 15 is 0 Å². The van der Waals surface area contributed by atoms with E-state index in [9.17, 15) is 0 Å². The standard InChI is InChI=1S/C45H41N3O/c1-26(2)35-24-32(31-16-9-8-10-17-31)25-36(27(3)4)42(35)48-39-19-12-11-18-37(39)46-44(48)34-21-20-30(7)41-33-22-23-38(47-45(33)49-43(34)41)40-28(5)14-13-15-29(40)6/h8-27H,1-7H3. The minimum Gasteiger partial charge on any atom is -0.437 e. The number of hydrogen-bond acceptors (Lipinski definition) is 3. The quantitative estimate of drug-likeness (QED) is 0.182. The molecule has 0 saturated carbocycles. The second-order valence-electron chi connectivity index (χ2n) is 14.0. The van der Waals surface area contributed by atoms with Crippen molar-refractivity contribution in [3.63, 3.8) is 0 Å². The lowest BCUT2D eigenvalue weighted by Crippen LogP contribution is -2.09. The Morgan fingerprint density at radius 3 is 1.98 bits per heavy atom. The first-order chi connectivity index (χ1) is 23.7. The van der Waals surface area contributed by atoms with Gasteiger partial charge in [0.15, 0.2) is 0 Å². The lowest BCUT2D eigenvalue weighted by Gasteiger charge is -2.24. The van der Waals surface area contributed by atoms with Crippen LogP contribution in [0.4, 0.5) is 0 Å². The summed E-state index contributed by atoms with van der Waals surface area (Å²) in [4.78, 5) is 10.5. The topological polar surface area (TPSA) is 43.9 Å². The van der Waals surface area contributed by atoms with Gasteiger partial charge in [0.2, 0.25) is 5.71 Å². The molecule has 4 nitrogen and oxygen atoms in total. The highest BCUT2D eigenvalue weighted by molar-refractivity contribution is 6.10. The molecule has 0 amide bonds. The summed E-state index contributed by atoms with van der Waals surface area (Å²) >= 11 is 0. The number of nitrogens with zero attached hydrogens (tertiary/aromatic N) is 3. The van der Waals surface area contributed by atoms with Gasteiger partial charge in [-0.3, -0.25) is 4.57 Å². The molecule has 0 aliphatic heterocycles. The molecule has 3 aromatic heterocycles. The van der Waals surface area contributed by atoms with Crippen LogP contribution in [0.5, 0.6) is 0 Å². The Hall–Kier alpha value is -5.48. The Balaban J connectivity index is 1.43. The minimum atomic E-state index is 0.280. The number of imidazole rings is 1. The van der Waals surface area contributed by atoms with Crippen LogP contribution in [0, 0.1) is 20.8 Å². The van der Waals surface area contributed by atoms with Crippen LogP contribution in [0.1, 0.15) is 67.3 Å². The van der Waals surface area contributed by atoms with Gasteiger partial charge in [0.25, 0.3) is 0 Å². The number of aryl methyl sites for hydroxylation is 3. The van der Waals surface area contributed by atoms with Crippen LogP contribution in [0.3, 0.4) is 0 Å². The Morgan fingerprint density at radius 1 is 0.612 bits per heavy atom. The van der Waals surface area contributed by atoms with Crippen molar-refractivity contribution in [2.45, 2.75) is 60.3 Å². The zero-order valence-electron chi connectivity index (χ0n) is 29.3. The largest absolute Gasteiger partial charge is 0.437 e. The number of hydrogen-bond donors (Lipinski definition) is 0. The molecule has 0 saturated heterocycles. The second kappa shape index (κ2) is 11.9. The Kier molecular flexibility index (Phi) is 7.48. The molecular weight excluding hydrogens is 599 g/mol. The van der Waals surface area contributed by atoms with E-state index in [0.29, 0.717) is 5.71 Å². The monoisotopic (exact) mass is 639 g/mol. The van der Waals surface area contributed by atoms with Gasteiger partial charge in [-0.05, 0) is 114 Å². The van der Waals surface area contributed by atoms with Crippen LogP contribution in [0.25, 0.3) is 72.6 Å². The summed E-state index contributed by atoms with van der Waals surface area (Å²) in [6.45, 7) is 15.6. The third-order valence-electron chi connectivity index (χ3n) is 9.98. The van der Waals surface area contributed by atoms with E-state index in [1.165, 1.54) is 39.1 Å².